The predicted octanol–water partition coefficient (Wildman–Crippen LogP) is 4.09. The lowest BCUT2D eigenvalue weighted by molar-refractivity contribution is -0.138. The number of piperidine rings is 1. The predicted molar refractivity (Wildman–Crippen MR) is 89.4 cm³/mol. The Morgan fingerprint density at radius 3 is 2.68 bits per heavy atom. The van der Waals surface area contributed by atoms with E-state index in [1.54, 1.807) is 36.7 Å². The second-order valence-electron chi connectivity index (χ2n) is 6.59. The van der Waals surface area contributed by atoms with Crippen LogP contribution in [0.25, 0.3) is 0 Å². The second-order valence-corrected chi connectivity index (χ2v) is 6.59. The molecule has 0 saturated carbocycles. The van der Waals surface area contributed by atoms with E-state index in [4.69, 9.17) is 4.74 Å². The van der Waals surface area contributed by atoms with Gasteiger partial charge in [-0.15, -0.1) is 0 Å². The topological polar surface area (TPSA) is 34.1 Å². The zero-order valence-corrected chi connectivity index (χ0v) is 13.9. The van der Waals surface area contributed by atoms with Crippen molar-refractivity contribution >= 4 is 0 Å². The highest BCUT2D eigenvalue weighted by molar-refractivity contribution is 5.31. The fourth-order valence-corrected chi connectivity index (χ4v) is 3.38. The molecule has 1 atom stereocenters. The van der Waals surface area contributed by atoms with Crippen LogP contribution in [0.15, 0.2) is 48.8 Å². The van der Waals surface area contributed by atoms with Crippen molar-refractivity contribution in [2.75, 3.05) is 19.7 Å². The van der Waals surface area contributed by atoms with Gasteiger partial charge in [0.15, 0.2) is 0 Å². The molecule has 1 aliphatic rings. The van der Waals surface area contributed by atoms with Gasteiger partial charge in [0.2, 0.25) is 0 Å². The molecule has 3 nitrogen and oxygen atoms in total. The van der Waals surface area contributed by atoms with Crippen molar-refractivity contribution in [1.29, 1.82) is 0 Å². The minimum atomic E-state index is -4.34. The van der Waals surface area contributed by atoms with E-state index in [-0.39, 0.29) is 5.41 Å². The van der Waals surface area contributed by atoms with E-state index < -0.39 is 11.7 Å². The highest BCUT2D eigenvalue weighted by Gasteiger charge is 2.38. The van der Waals surface area contributed by atoms with Crippen LogP contribution in [0.2, 0.25) is 0 Å². The Labute approximate surface area is 145 Å². The average Bonchev–Trinajstić information content (AvgIpc) is 2.61. The molecule has 134 valence electrons. The molecule has 1 aromatic carbocycles. The summed E-state index contributed by atoms with van der Waals surface area (Å²) in [5.74, 6) is 0.636. The van der Waals surface area contributed by atoms with Gasteiger partial charge >= 0.3 is 6.18 Å². The Hall–Kier alpha value is -2.08. The third kappa shape index (κ3) is 4.51. The third-order valence-corrected chi connectivity index (χ3v) is 4.63. The van der Waals surface area contributed by atoms with Crippen molar-refractivity contribution in [3.63, 3.8) is 0 Å². The third-order valence-electron chi connectivity index (χ3n) is 4.63. The van der Waals surface area contributed by atoms with Crippen molar-refractivity contribution in [1.82, 2.24) is 10.3 Å². The summed E-state index contributed by atoms with van der Waals surface area (Å²) >= 11 is 0. The largest absolute Gasteiger partial charge is 0.491 e. The molecule has 2 heterocycles. The zero-order valence-electron chi connectivity index (χ0n) is 13.9. The standard InChI is InChI=1S/C19H21F3N2O/c20-19(21,22)17-7-2-1-5-15(17)11-18(8-4-10-24-13-18)14-25-16-6-3-9-23-12-16/h1-3,5-7,9,12,24H,4,8,10-11,13-14H2. The summed E-state index contributed by atoms with van der Waals surface area (Å²) in [6.07, 6.45) is 1.01. The van der Waals surface area contributed by atoms with Gasteiger partial charge in [-0.1, -0.05) is 18.2 Å². The molecule has 0 spiro atoms. The van der Waals surface area contributed by atoms with Gasteiger partial charge in [-0.25, -0.2) is 0 Å². The summed E-state index contributed by atoms with van der Waals surface area (Å²) in [4.78, 5) is 4.01. The number of pyridine rings is 1. The average molecular weight is 350 g/mol. The first-order valence-electron chi connectivity index (χ1n) is 8.37. The molecule has 25 heavy (non-hydrogen) atoms. The fraction of sp³-hybridized carbons (Fsp3) is 0.421. The van der Waals surface area contributed by atoms with Crippen molar-refractivity contribution in [2.45, 2.75) is 25.4 Å². The molecule has 1 N–H and O–H groups in total. The van der Waals surface area contributed by atoms with Crippen LogP contribution in [0, 0.1) is 5.41 Å². The first-order valence-corrected chi connectivity index (χ1v) is 8.37. The Bertz CT molecular complexity index is 683. The number of ether oxygens (including phenoxy) is 1. The maximum Gasteiger partial charge on any atom is 0.416 e. The van der Waals surface area contributed by atoms with Gasteiger partial charge in [0, 0.05) is 18.2 Å². The summed E-state index contributed by atoms with van der Waals surface area (Å²) in [6.45, 7) is 1.88. The molecular formula is C19H21F3N2O. The number of nitrogens with one attached hydrogen (secondary N) is 1. The molecule has 0 bridgehead atoms. The second kappa shape index (κ2) is 7.44. The molecule has 0 aliphatic carbocycles. The molecule has 0 amide bonds. The van der Waals surface area contributed by atoms with E-state index in [9.17, 15) is 13.2 Å². The summed E-state index contributed by atoms with van der Waals surface area (Å²) < 4.78 is 45.8. The highest BCUT2D eigenvalue weighted by Crippen LogP contribution is 2.37. The van der Waals surface area contributed by atoms with Crippen LogP contribution in [0.4, 0.5) is 13.2 Å². The molecule has 1 aliphatic heterocycles. The number of alkyl halides is 3. The minimum Gasteiger partial charge on any atom is -0.491 e. The van der Waals surface area contributed by atoms with Gasteiger partial charge in [0.25, 0.3) is 0 Å². The summed E-state index contributed by atoms with van der Waals surface area (Å²) in [5, 5.41) is 3.31. The van der Waals surface area contributed by atoms with Crippen molar-refractivity contribution in [3.05, 3.63) is 59.9 Å². The van der Waals surface area contributed by atoms with Crippen LogP contribution < -0.4 is 10.1 Å². The van der Waals surface area contributed by atoms with Gasteiger partial charge in [-0.3, -0.25) is 4.98 Å². The molecular weight excluding hydrogens is 329 g/mol. The van der Waals surface area contributed by atoms with Crippen molar-refractivity contribution in [3.8, 4) is 5.75 Å². The minimum absolute atomic E-state index is 0.327. The highest BCUT2D eigenvalue weighted by atomic mass is 19.4. The monoisotopic (exact) mass is 350 g/mol. The Balaban J connectivity index is 1.82. The molecule has 1 unspecified atom stereocenters. The van der Waals surface area contributed by atoms with Gasteiger partial charge in [-0.05, 0) is 49.6 Å². The number of nitrogens with zero attached hydrogens (tertiary/aromatic N) is 1. The molecule has 1 saturated heterocycles. The molecule has 3 rings (SSSR count). The number of benzene rings is 1. The van der Waals surface area contributed by atoms with Crippen LogP contribution in [0.3, 0.4) is 0 Å². The van der Waals surface area contributed by atoms with E-state index in [0.29, 0.717) is 30.9 Å². The van der Waals surface area contributed by atoms with Gasteiger partial charge in [0.1, 0.15) is 5.75 Å². The van der Waals surface area contributed by atoms with Crippen molar-refractivity contribution in [2.24, 2.45) is 5.41 Å². The molecule has 2 aromatic rings. The Morgan fingerprint density at radius 1 is 1.16 bits per heavy atom. The van der Waals surface area contributed by atoms with Crippen LogP contribution in [-0.2, 0) is 12.6 Å². The lowest BCUT2D eigenvalue weighted by Gasteiger charge is -2.38. The van der Waals surface area contributed by atoms with E-state index >= 15 is 0 Å². The molecule has 1 aromatic heterocycles. The first-order chi connectivity index (χ1) is 12.0. The number of hydrogen-bond donors (Lipinski definition) is 1. The van der Waals surface area contributed by atoms with Gasteiger partial charge in [0.05, 0.1) is 18.4 Å². The quantitative estimate of drug-likeness (QED) is 0.882. The van der Waals surface area contributed by atoms with E-state index in [1.807, 2.05) is 0 Å². The van der Waals surface area contributed by atoms with Gasteiger partial charge < -0.3 is 10.1 Å². The lowest BCUT2D eigenvalue weighted by Crippen LogP contribution is -2.45. The fourth-order valence-electron chi connectivity index (χ4n) is 3.38. The molecule has 1 fully saturated rings. The first kappa shape index (κ1) is 17.7. The van der Waals surface area contributed by atoms with Crippen LogP contribution in [0.1, 0.15) is 24.0 Å². The Morgan fingerprint density at radius 2 is 2.00 bits per heavy atom. The SMILES string of the molecule is FC(F)(F)c1ccccc1CC1(COc2cccnc2)CCCNC1. The number of halogens is 3. The normalized spacial score (nSPS) is 21.1. The van der Waals surface area contributed by atoms with Crippen molar-refractivity contribution < 1.29 is 17.9 Å². The van der Waals surface area contributed by atoms with E-state index in [0.717, 1.165) is 25.5 Å². The zero-order chi connectivity index (χ0) is 17.8. The van der Waals surface area contributed by atoms with Crippen LogP contribution in [-0.4, -0.2) is 24.7 Å². The Kier molecular flexibility index (Phi) is 5.27. The van der Waals surface area contributed by atoms with Gasteiger partial charge in [-0.2, -0.15) is 13.2 Å². The maximum absolute atomic E-state index is 13.3. The number of hydrogen-bond acceptors (Lipinski definition) is 3. The number of rotatable bonds is 5. The summed E-state index contributed by atoms with van der Waals surface area (Å²) in [5.41, 5.74) is -0.593. The van der Waals surface area contributed by atoms with E-state index in [1.165, 1.54) is 6.07 Å². The van der Waals surface area contributed by atoms with Crippen LogP contribution >= 0.6 is 0 Å². The lowest BCUT2D eigenvalue weighted by atomic mass is 9.75. The summed E-state index contributed by atoms with van der Waals surface area (Å²) in [6, 6.07) is 9.41. The van der Waals surface area contributed by atoms with Crippen LogP contribution in [0.5, 0.6) is 5.75 Å². The summed E-state index contributed by atoms with van der Waals surface area (Å²) in [7, 11) is 0. The smallest absolute Gasteiger partial charge is 0.416 e. The molecule has 0 radical (unpaired) electrons. The molecule has 6 heteroatoms. The number of aromatic nitrogens is 1. The van der Waals surface area contributed by atoms with E-state index in [2.05, 4.69) is 10.3 Å². The maximum atomic E-state index is 13.3.